The van der Waals surface area contributed by atoms with Gasteiger partial charge in [0.05, 0.1) is 27.2 Å². The van der Waals surface area contributed by atoms with Gasteiger partial charge in [0.15, 0.2) is 11.5 Å². The molecule has 9 heteroatoms. The van der Waals surface area contributed by atoms with Crippen LogP contribution in [0.15, 0.2) is 12.1 Å². The Kier molecular flexibility index (Phi) is 9.04. The molecular weight excluding hydrogens is 390 g/mol. The van der Waals surface area contributed by atoms with Crippen LogP contribution in [-0.2, 0) is 9.53 Å². The maximum absolute atomic E-state index is 13.0. The van der Waals surface area contributed by atoms with Crippen molar-refractivity contribution in [2.45, 2.75) is 19.3 Å². The van der Waals surface area contributed by atoms with E-state index in [1.807, 2.05) is 19.1 Å². The molecular formula is C21H33N3O6. The quantitative estimate of drug-likeness (QED) is 0.555. The topological polar surface area (TPSA) is 98.4 Å². The van der Waals surface area contributed by atoms with E-state index in [1.165, 1.54) is 0 Å². The van der Waals surface area contributed by atoms with Gasteiger partial charge in [0, 0.05) is 45.8 Å². The Labute approximate surface area is 178 Å². The first-order valence-electron chi connectivity index (χ1n) is 10.1. The molecule has 1 aromatic rings. The van der Waals surface area contributed by atoms with Gasteiger partial charge in [0.1, 0.15) is 0 Å². The van der Waals surface area contributed by atoms with Gasteiger partial charge in [-0.3, -0.25) is 4.79 Å². The van der Waals surface area contributed by atoms with Gasteiger partial charge in [-0.25, -0.2) is 4.79 Å². The average molecular weight is 424 g/mol. The molecule has 1 fully saturated rings. The van der Waals surface area contributed by atoms with Crippen molar-refractivity contribution in [2.24, 2.45) is 5.92 Å². The largest absolute Gasteiger partial charge is 0.493 e. The van der Waals surface area contributed by atoms with Gasteiger partial charge < -0.3 is 34.5 Å². The molecule has 2 unspecified atom stereocenters. The highest BCUT2D eigenvalue weighted by atomic mass is 16.5. The molecule has 1 heterocycles. The number of rotatable bonds is 10. The van der Waals surface area contributed by atoms with Crippen molar-refractivity contribution in [1.29, 1.82) is 0 Å². The fraction of sp³-hybridized carbons (Fsp3) is 0.619. The number of carbonyl (C=O) groups is 2. The highest BCUT2D eigenvalue weighted by Gasteiger charge is 2.41. The van der Waals surface area contributed by atoms with Gasteiger partial charge >= 0.3 is 6.03 Å². The highest BCUT2D eigenvalue weighted by molar-refractivity contribution is 5.83. The van der Waals surface area contributed by atoms with Gasteiger partial charge in [-0.15, -0.1) is 0 Å². The molecule has 0 aliphatic carbocycles. The predicted octanol–water partition coefficient (Wildman–Crippen LogP) is 1.61. The molecule has 3 amide bonds. The molecule has 0 bridgehead atoms. The van der Waals surface area contributed by atoms with E-state index < -0.39 is 5.92 Å². The van der Waals surface area contributed by atoms with E-state index in [1.54, 1.807) is 33.3 Å². The molecule has 0 radical (unpaired) electrons. The predicted molar refractivity (Wildman–Crippen MR) is 112 cm³/mol. The summed E-state index contributed by atoms with van der Waals surface area (Å²) < 4.78 is 21.4. The van der Waals surface area contributed by atoms with Crippen molar-refractivity contribution < 1.29 is 28.5 Å². The van der Waals surface area contributed by atoms with Crippen molar-refractivity contribution in [3.63, 3.8) is 0 Å². The van der Waals surface area contributed by atoms with Gasteiger partial charge in [-0.05, 0) is 31.0 Å². The normalized spacial score (nSPS) is 18.1. The SMILES string of the molecule is CCNC(=O)N1CC(C(=O)NCCCOC)C(c2cc(OC)c(OC)c(OC)c2)C1. The van der Waals surface area contributed by atoms with Crippen LogP contribution in [0.25, 0.3) is 0 Å². The molecule has 1 aromatic carbocycles. The zero-order chi connectivity index (χ0) is 22.1. The summed E-state index contributed by atoms with van der Waals surface area (Å²) >= 11 is 0. The number of ether oxygens (including phenoxy) is 4. The number of carbonyl (C=O) groups excluding carboxylic acids is 2. The lowest BCUT2D eigenvalue weighted by molar-refractivity contribution is -0.124. The van der Waals surface area contributed by atoms with Gasteiger partial charge in [-0.1, -0.05) is 0 Å². The second kappa shape index (κ2) is 11.5. The third-order valence-electron chi connectivity index (χ3n) is 5.21. The first-order valence-corrected chi connectivity index (χ1v) is 10.1. The zero-order valence-corrected chi connectivity index (χ0v) is 18.4. The van der Waals surface area contributed by atoms with Crippen LogP contribution in [0.3, 0.4) is 0 Å². The van der Waals surface area contributed by atoms with Gasteiger partial charge in [0.2, 0.25) is 11.7 Å². The first-order chi connectivity index (χ1) is 14.5. The van der Waals surface area contributed by atoms with Crippen molar-refractivity contribution in [2.75, 3.05) is 61.2 Å². The van der Waals surface area contributed by atoms with E-state index in [0.29, 0.717) is 50.0 Å². The second-order valence-corrected chi connectivity index (χ2v) is 7.05. The molecule has 0 aromatic heterocycles. The number of amides is 3. The molecule has 30 heavy (non-hydrogen) atoms. The number of urea groups is 1. The monoisotopic (exact) mass is 423 g/mol. The van der Waals surface area contributed by atoms with Gasteiger partial charge in [-0.2, -0.15) is 0 Å². The molecule has 0 spiro atoms. The summed E-state index contributed by atoms with van der Waals surface area (Å²) in [5, 5.41) is 5.78. The molecule has 1 aliphatic heterocycles. The Morgan fingerprint density at radius 1 is 1.03 bits per heavy atom. The summed E-state index contributed by atoms with van der Waals surface area (Å²) in [5.41, 5.74) is 0.855. The Bertz CT molecular complexity index is 702. The number of nitrogens with zero attached hydrogens (tertiary/aromatic N) is 1. The zero-order valence-electron chi connectivity index (χ0n) is 18.4. The molecule has 2 atom stereocenters. The number of likely N-dealkylation sites (tertiary alicyclic amines) is 1. The van der Waals surface area contributed by atoms with Crippen LogP contribution in [0.4, 0.5) is 4.79 Å². The lowest BCUT2D eigenvalue weighted by Crippen LogP contribution is -2.40. The van der Waals surface area contributed by atoms with Crippen molar-refractivity contribution in [3.8, 4) is 17.2 Å². The second-order valence-electron chi connectivity index (χ2n) is 7.05. The fourth-order valence-electron chi connectivity index (χ4n) is 3.71. The molecule has 1 saturated heterocycles. The van der Waals surface area contributed by atoms with Crippen LogP contribution in [0.1, 0.15) is 24.8 Å². The van der Waals surface area contributed by atoms with Crippen LogP contribution in [0, 0.1) is 5.92 Å². The number of methoxy groups -OCH3 is 4. The van der Waals surface area contributed by atoms with E-state index in [4.69, 9.17) is 18.9 Å². The minimum absolute atomic E-state index is 0.0864. The lowest BCUT2D eigenvalue weighted by Gasteiger charge is -2.21. The maximum atomic E-state index is 13.0. The summed E-state index contributed by atoms with van der Waals surface area (Å²) in [5.74, 6) is 0.839. The molecule has 2 N–H and O–H groups in total. The van der Waals surface area contributed by atoms with E-state index >= 15 is 0 Å². The minimum Gasteiger partial charge on any atom is -0.493 e. The van der Waals surface area contributed by atoms with Crippen LogP contribution in [-0.4, -0.2) is 78.1 Å². The Balaban J connectivity index is 2.32. The third kappa shape index (κ3) is 5.47. The summed E-state index contributed by atoms with van der Waals surface area (Å²) in [6.45, 7) is 4.24. The average Bonchev–Trinajstić information content (AvgIpc) is 3.21. The minimum atomic E-state index is -0.391. The van der Waals surface area contributed by atoms with Crippen molar-refractivity contribution >= 4 is 11.9 Å². The fourth-order valence-corrected chi connectivity index (χ4v) is 3.71. The summed E-state index contributed by atoms with van der Waals surface area (Å²) in [6.07, 6.45) is 0.726. The summed E-state index contributed by atoms with van der Waals surface area (Å²) in [7, 11) is 6.28. The van der Waals surface area contributed by atoms with E-state index in [2.05, 4.69) is 10.6 Å². The van der Waals surface area contributed by atoms with Gasteiger partial charge in [0.25, 0.3) is 0 Å². The molecule has 9 nitrogen and oxygen atoms in total. The first kappa shape index (κ1) is 23.6. The molecule has 1 aliphatic rings. The smallest absolute Gasteiger partial charge is 0.317 e. The van der Waals surface area contributed by atoms with Crippen LogP contribution < -0.4 is 24.8 Å². The highest BCUT2D eigenvalue weighted by Crippen LogP contribution is 2.43. The number of hydrogen-bond donors (Lipinski definition) is 2. The van der Waals surface area contributed by atoms with Crippen LogP contribution in [0.2, 0.25) is 0 Å². The number of nitrogens with one attached hydrogen (secondary N) is 2. The standard InChI is InChI=1S/C21H33N3O6/c1-6-22-21(26)24-12-15(16(13-24)20(25)23-8-7-9-27-2)14-10-17(28-3)19(30-5)18(11-14)29-4/h10-11,15-16H,6-9,12-13H2,1-5H3,(H,22,26)(H,23,25). The molecule has 0 saturated carbocycles. The Morgan fingerprint density at radius 2 is 1.70 bits per heavy atom. The lowest BCUT2D eigenvalue weighted by atomic mass is 9.88. The maximum Gasteiger partial charge on any atom is 0.317 e. The van der Waals surface area contributed by atoms with E-state index in [-0.39, 0.29) is 17.9 Å². The van der Waals surface area contributed by atoms with Crippen LogP contribution >= 0.6 is 0 Å². The van der Waals surface area contributed by atoms with Crippen molar-refractivity contribution in [1.82, 2.24) is 15.5 Å². The Hall–Kier alpha value is -2.68. The third-order valence-corrected chi connectivity index (χ3v) is 5.21. The number of benzene rings is 1. The summed E-state index contributed by atoms with van der Waals surface area (Å²) in [6, 6.07) is 3.52. The molecule has 168 valence electrons. The van der Waals surface area contributed by atoms with Crippen LogP contribution in [0.5, 0.6) is 17.2 Å². The van der Waals surface area contributed by atoms with E-state index in [0.717, 1.165) is 12.0 Å². The van der Waals surface area contributed by atoms with E-state index in [9.17, 15) is 9.59 Å². The van der Waals surface area contributed by atoms with Crippen molar-refractivity contribution in [3.05, 3.63) is 17.7 Å². The summed E-state index contributed by atoms with van der Waals surface area (Å²) in [4.78, 5) is 27.1. The Morgan fingerprint density at radius 3 is 2.23 bits per heavy atom. The molecule has 2 rings (SSSR count). The number of hydrogen-bond acceptors (Lipinski definition) is 6.